The Kier molecular flexibility index (Phi) is 5.23. The van der Waals surface area contributed by atoms with E-state index < -0.39 is 0 Å². The molecule has 0 fully saturated rings. The topological polar surface area (TPSA) is 58.5 Å². The van der Waals surface area contributed by atoms with Gasteiger partial charge < -0.3 is 5.32 Å². The number of hydrogen-bond donors (Lipinski definition) is 1. The number of benzene rings is 2. The van der Waals surface area contributed by atoms with E-state index in [0.29, 0.717) is 5.69 Å². The number of anilines is 1. The summed E-state index contributed by atoms with van der Waals surface area (Å²) in [4.78, 5) is 25.4. The van der Waals surface area contributed by atoms with Crippen LogP contribution in [-0.2, 0) is 16.0 Å². The van der Waals surface area contributed by atoms with Gasteiger partial charge >= 0.3 is 0 Å². The summed E-state index contributed by atoms with van der Waals surface area (Å²) in [5.74, 6) is -0.0220. The van der Waals surface area contributed by atoms with Crippen LogP contribution >= 0.6 is 0 Å². The molecular formula is C18H18N2O2. The number of rotatable bonds is 5. The van der Waals surface area contributed by atoms with Crippen LogP contribution in [0.2, 0.25) is 0 Å². The van der Waals surface area contributed by atoms with E-state index in [9.17, 15) is 9.59 Å². The number of hydrogen-bond acceptors (Lipinski definition) is 3. The molecule has 2 rings (SSSR count). The molecule has 0 bridgehead atoms. The van der Waals surface area contributed by atoms with Crippen LogP contribution in [0.25, 0.3) is 0 Å². The molecule has 1 N–H and O–H groups in total. The first kappa shape index (κ1) is 15.7. The summed E-state index contributed by atoms with van der Waals surface area (Å²) in [5, 5.41) is 2.87. The lowest BCUT2D eigenvalue weighted by molar-refractivity contribution is -0.118. The Hall–Kier alpha value is -2.71. The van der Waals surface area contributed by atoms with Crippen LogP contribution in [0.15, 0.2) is 53.5 Å². The maximum absolute atomic E-state index is 11.6. The summed E-state index contributed by atoms with van der Waals surface area (Å²) >= 11 is 0. The molecule has 0 saturated carbocycles. The van der Waals surface area contributed by atoms with Crippen LogP contribution < -0.4 is 5.32 Å². The van der Waals surface area contributed by atoms with Crippen molar-refractivity contribution in [1.82, 2.24) is 0 Å². The maximum atomic E-state index is 11.6. The molecule has 0 aromatic heterocycles. The average Bonchev–Trinajstić information content (AvgIpc) is 2.51. The zero-order chi connectivity index (χ0) is 15.9. The fraction of sp³-hybridized carbons (Fsp3) is 0.222. The third kappa shape index (κ3) is 4.40. The molecule has 2 aromatic carbocycles. The second kappa shape index (κ2) is 7.34. The molecule has 0 heterocycles. The number of nitrogens with one attached hydrogen (secondary N) is 1. The van der Waals surface area contributed by atoms with Gasteiger partial charge in [-0.15, -0.1) is 0 Å². The fourth-order valence-corrected chi connectivity index (χ4v) is 1.97. The second-order valence-corrected chi connectivity index (χ2v) is 5.39. The molecule has 112 valence electrons. The van der Waals surface area contributed by atoms with Crippen molar-refractivity contribution in [3.63, 3.8) is 0 Å². The van der Waals surface area contributed by atoms with Crippen LogP contribution in [0.4, 0.5) is 11.4 Å². The number of aliphatic imine (C=N–C) groups is 1. The highest BCUT2D eigenvalue weighted by molar-refractivity contribution is 5.92. The summed E-state index contributed by atoms with van der Waals surface area (Å²) in [6.07, 6.45) is 2.30. The van der Waals surface area contributed by atoms with E-state index in [1.807, 2.05) is 50.2 Å². The van der Waals surface area contributed by atoms with Gasteiger partial charge in [0.15, 0.2) is 0 Å². The number of isocyanates is 1. The van der Waals surface area contributed by atoms with Gasteiger partial charge in [0.05, 0.1) is 5.69 Å². The third-order valence-electron chi connectivity index (χ3n) is 3.27. The Morgan fingerprint density at radius 1 is 1.05 bits per heavy atom. The molecule has 4 heteroatoms. The van der Waals surface area contributed by atoms with Crippen LogP contribution in [-0.4, -0.2) is 12.0 Å². The van der Waals surface area contributed by atoms with Crippen LogP contribution in [0.3, 0.4) is 0 Å². The molecule has 0 atom stereocenters. The molecule has 0 unspecified atom stereocenters. The van der Waals surface area contributed by atoms with Crippen molar-refractivity contribution < 1.29 is 9.59 Å². The monoisotopic (exact) mass is 294 g/mol. The van der Waals surface area contributed by atoms with Crippen molar-refractivity contribution in [2.45, 2.75) is 20.3 Å². The maximum Gasteiger partial charge on any atom is 0.240 e. The standard InChI is InChI=1S/C18H18N2O2/c1-13(2)18(22)20-17-9-5-15(6-10-17)11-14-3-7-16(8-4-14)19-12-21/h3-10,13H,11H2,1-2H3,(H,20,22). The van der Waals surface area contributed by atoms with Crippen LogP contribution in [0.5, 0.6) is 0 Å². The molecule has 2 aromatic rings. The Balaban J connectivity index is 2.01. The Labute approximate surface area is 129 Å². The number of nitrogens with zero attached hydrogens (tertiary/aromatic N) is 1. The number of carbonyl (C=O) groups excluding carboxylic acids is 2. The van der Waals surface area contributed by atoms with Gasteiger partial charge in [-0.1, -0.05) is 38.1 Å². The van der Waals surface area contributed by atoms with Gasteiger partial charge in [-0.05, 0) is 41.8 Å². The van der Waals surface area contributed by atoms with Gasteiger partial charge in [0.1, 0.15) is 0 Å². The van der Waals surface area contributed by atoms with Crippen molar-refractivity contribution >= 4 is 23.4 Å². The number of carbonyl (C=O) groups is 1. The van der Waals surface area contributed by atoms with Gasteiger partial charge in [0, 0.05) is 11.6 Å². The Morgan fingerprint density at radius 2 is 1.59 bits per heavy atom. The molecular weight excluding hydrogens is 276 g/mol. The van der Waals surface area contributed by atoms with E-state index in [4.69, 9.17) is 0 Å². The lowest BCUT2D eigenvalue weighted by atomic mass is 10.0. The molecule has 0 radical (unpaired) electrons. The first-order valence-electron chi connectivity index (χ1n) is 7.15. The molecule has 1 amide bonds. The van der Waals surface area contributed by atoms with Crippen molar-refractivity contribution in [3.8, 4) is 0 Å². The predicted octanol–water partition coefficient (Wildman–Crippen LogP) is 3.84. The SMILES string of the molecule is CC(C)C(=O)Nc1ccc(Cc2ccc(N=C=O)cc2)cc1. The molecule has 0 aliphatic rings. The van der Waals surface area contributed by atoms with E-state index in [-0.39, 0.29) is 11.8 Å². The second-order valence-electron chi connectivity index (χ2n) is 5.39. The first-order valence-corrected chi connectivity index (χ1v) is 7.15. The van der Waals surface area contributed by atoms with Crippen LogP contribution in [0, 0.1) is 5.92 Å². The summed E-state index contributed by atoms with van der Waals surface area (Å²) in [6, 6.07) is 15.2. The van der Waals surface area contributed by atoms with E-state index in [0.717, 1.165) is 23.2 Å². The Bertz CT molecular complexity index is 682. The minimum absolute atomic E-state index is 0.0130. The lowest BCUT2D eigenvalue weighted by Crippen LogP contribution is -2.17. The summed E-state index contributed by atoms with van der Waals surface area (Å²) < 4.78 is 0. The van der Waals surface area contributed by atoms with Gasteiger partial charge in [0.2, 0.25) is 12.0 Å². The minimum Gasteiger partial charge on any atom is -0.326 e. The van der Waals surface area contributed by atoms with E-state index >= 15 is 0 Å². The highest BCUT2D eigenvalue weighted by atomic mass is 16.1. The Morgan fingerprint density at radius 3 is 2.09 bits per heavy atom. The fourth-order valence-electron chi connectivity index (χ4n) is 1.97. The van der Waals surface area contributed by atoms with Crippen molar-refractivity contribution in [2.24, 2.45) is 10.9 Å². The number of amides is 1. The molecule has 0 aliphatic carbocycles. The summed E-state index contributed by atoms with van der Waals surface area (Å²) in [5.41, 5.74) is 3.68. The van der Waals surface area contributed by atoms with Gasteiger partial charge in [-0.3, -0.25) is 4.79 Å². The zero-order valence-electron chi connectivity index (χ0n) is 12.7. The van der Waals surface area contributed by atoms with Gasteiger partial charge in [-0.25, -0.2) is 4.79 Å². The summed E-state index contributed by atoms with van der Waals surface area (Å²) in [7, 11) is 0. The highest BCUT2D eigenvalue weighted by Crippen LogP contribution is 2.17. The molecule has 0 spiro atoms. The zero-order valence-corrected chi connectivity index (χ0v) is 12.7. The van der Waals surface area contributed by atoms with Crippen LogP contribution in [0.1, 0.15) is 25.0 Å². The van der Waals surface area contributed by atoms with Crippen molar-refractivity contribution in [2.75, 3.05) is 5.32 Å². The van der Waals surface area contributed by atoms with Gasteiger partial charge in [-0.2, -0.15) is 4.99 Å². The minimum atomic E-state index is -0.0350. The average molecular weight is 294 g/mol. The highest BCUT2D eigenvalue weighted by Gasteiger charge is 2.06. The molecule has 22 heavy (non-hydrogen) atoms. The normalized spacial score (nSPS) is 10.1. The van der Waals surface area contributed by atoms with E-state index in [1.54, 1.807) is 12.1 Å². The lowest BCUT2D eigenvalue weighted by Gasteiger charge is -2.08. The predicted molar refractivity (Wildman–Crippen MR) is 86.9 cm³/mol. The van der Waals surface area contributed by atoms with E-state index in [2.05, 4.69) is 10.3 Å². The van der Waals surface area contributed by atoms with E-state index in [1.165, 1.54) is 6.08 Å². The van der Waals surface area contributed by atoms with Gasteiger partial charge in [0.25, 0.3) is 0 Å². The van der Waals surface area contributed by atoms with Crippen molar-refractivity contribution in [3.05, 3.63) is 59.7 Å². The smallest absolute Gasteiger partial charge is 0.240 e. The molecule has 0 aliphatic heterocycles. The first-order chi connectivity index (χ1) is 10.6. The quantitative estimate of drug-likeness (QED) is 0.673. The molecule has 0 saturated heterocycles. The summed E-state index contributed by atoms with van der Waals surface area (Å²) in [6.45, 7) is 3.73. The third-order valence-corrected chi connectivity index (χ3v) is 3.27. The van der Waals surface area contributed by atoms with Crippen molar-refractivity contribution in [1.29, 1.82) is 0 Å². The largest absolute Gasteiger partial charge is 0.326 e. The molecule has 4 nitrogen and oxygen atoms in total.